The molecule has 1 aliphatic rings. The Morgan fingerprint density at radius 2 is 1.52 bits per heavy atom. The molecule has 6 nitrogen and oxygen atoms in total. The van der Waals surface area contributed by atoms with Crippen LogP contribution in [0.1, 0.15) is 17.0 Å². The third kappa shape index (κ3) is 1.96. The van der Waals surface area contributed by atoms with Crippen LogP contribution in [0.5, 0.6) is 0 Å². The fourth-order valence-corrected chi connectivity index (χ4v) is 3.24. The van der Waals surface area contributed by atoms with Crippen LogP contribution in [0.2, 0.25) is 0 Å². The maximum Gasteiger partial charge on any atom is 0.353 e. The second-order valence-corrected chi connectivity index (χ2v) is 5.26. The summed E-state index contributed by atoms with van der Waals surface area (Å²) in [4.78, 5) is 29.0. The van der Waals surface area contributed by atoms with Crippen molar-refractivity contribution in [2.24, 2.45) is 5.90 Å². The van der Waals surface area contributed by atoms with Gasteiger partial charge in [0.2, 0.25) is 0 Å². The zero-order valence-electron chi connectivity index (χ0n) is 12.4. The van der Waals surface area contributed by atoms with E-state index in [0.717, 1.165) is 18.2 Å². The monoisotopic (exact) mass is 313 g/mol. The van der Waals surface area contributed by atoms with Gasteiger partial charge in [-0.2, -0.15) is 0 Å². The van der Waals surface area contributed by atoms with Crippen LogP contribution in [0.25, 0.3) is 11.1 Å². The first kappa shape index (κ1) is 15.2. The zero-order valence-corrected chi connectivity index (χ0v) is 12.4. The van der Waals surface area contributed by atoms with Gasteiger partial charge in [-0.25, -0.2) is 15.5 Å². The predicted molar refractivity (Wildman–Crippen MR) is 81.4 cm³/mol. The molecule has 1 aliphatic carbocycles. The lowest BCUT2D eigenvalue weighted by atomic mass is 9.80. The SMILES string of the molecule is COC(=O)C(ON)(C(=O)O)C1c2ccccc2-c2ccccc21. The maximum atomic E-state index is 12.3. The van der Waals surface area contributed by atoms with E-state index in [2.05, 4.69) is 4.74 Å². The molecule has 0 saturated carbocycles. The molecule has 0 aliphatic heterocycles. The van der Waals surface area contributed by atoms with Crippen LogP contribution >= 0.6 is 0 Å². The molecule has 6 heteroatoms. The summed E-state index contributed by atoms with van der Waals surface area (Å²) < 4.78 is 4.69. The number of rotatable bonds is 4. The molecule has 2 aromatic carbocycles. The number of carbonyl (C=O) groups is 2. The molecule has 1 unspecified atom stereocenters. The number of hydrogen-bond acceptors (Lipinski definition) is 5. The number of nitrogens with two attached hydrogens (primary N) is 1. The van der Waals surface area contributed by atoms with E-state index in [1.54, 1.807) is 24.3 Å². The number of methoxy groups -OCH3 is 1. The summed E-state index contributed by atoms with van der Waals surface area (Å²) in [6.45, 7) is 0. The first-order valence-electron chi connectivity index (χ1n) is 6.95. The van der Waals surface area contributed by atoms with Crippen LogP contribution in [0.15, 0.2) is 48.5 Å². The van der Waals surface area contributed by atoms with E-state index >= 15 is 0 Å². The Balaban J connectivity index is 2.33. The number of ether oxygens (including phenoxy) is 1. The van der Waals surface area contributed by atoms with Gasteiger partial charge in [-0.15, -0.1) is 0 Å². The highest BCUT2D eigenvalue weighted by Gasteiger charge is 2.59. The van der Waals surface area contributed by atoms with Crippen molar-refractivity contribution < 1.29 is 24.3 Å². The molecule has 0 aromatic heterocycles. The summed E-state index contributed by atoms with van der Waals surface area (Å²) >= 11 is 0. The molecule has 3 N–H and O–H groups in total. The Labute approximate surface area is 132 Å². The minimum Gasteiger partial charge on any atom is -0.479 e. The van der Waals surface area contributed by atoms with Crippen LogP contribution in [0.3, 0.4) is 0 Å². The number of aliphatic carboxylic acids is 1. The zero-order chi connectivity index (χ0) is 16.6. The van der Waals surface area contributed by atoms with Crippen LogP contribution in [0, 0.1) is 0 Å². The minimum absolute atomic E-state index is 0.659. The average molecular weight is 313 g/mol. The van der Waals surface area contributed by atoms with Crippen molar-refractivity contribution in [1.82, 2.24) is 0 Å². The lowest BCUT2D eigenvalue weighted by Crippen LogP contribution is -2.55. The van der Waals surface area contributed by atoms with Crippen LogP contribution in [-0.2, 0) is 19.2 Å². The normalized spacial score (nSPS) is 15.4. The summed E-state index contributed by atoms with van der Waals surface area (Å²) in [5, 5.41) is 9.73. The molecular formula is C17H15NO5. The predicted octanol–water partition coefficient (Wildman–Crippen LogP) is 1.69. The topological polar surface area (TPSA) is 98.9 Å². The molecule has 2 aromatic rings. The Morgan fingerprint density at radius 1 is 1.04 bits per heavy atom. The van der Waals surface area contributed by atoms with E-state index in [1.807, 2.05) is 24.3 Å². The van der Waals surface area contributed by atoms with E-state index < -0.39 is 23.5 Å². The minimum atomic E-state index is -2.35. The molecule has 0 saturated heterocycles. The number of fused-ring (bicyclic) bond motifs is 3. The van der Waals surface area contributed by atoms with Crippen molar-refractivity contribution >= 4 is 11.9 Å². The third-order valence-corrected chi connectivity index (χ3v) is 4.23. The molecule has 0 fully saturated rings. The van der Waals surface area contributed by atoms with E-state index in [4.69, 9.17) is 10.7 Å². The van der Waals surface area contributed by atoms with Gasteiger partial charge in [0.15, 0.2) is 0 Å². The molecule has 118 valence electrons. The summed E-state index contributed by atoms with van der Waals surface area (Å²) in [5.74, 6) is 1.85. The molecule has 0 radical (unpaired) electrons. The van der Waals surface area contributed by atoms with Crippen LogP contribution in [-0.4, -0.2) is 29.8 Å². The summed E-state index contributed by atoms with van der Waals surface area (Å²) in [6, 6.07) is 14.5. The van der Waals surface area contributed by atoms with Gasteiger partial charge in [0, 0.05) is 0 Å². The summed E-state index contributed by atoms with van der Waals surface area (Å²) in [7, 11) is 1.10. The highest BCUT2D eigenvalue weighted by atomic mass is 16.7. The maximum absolute atomic E-state index is 12.3. The summed E-state index contributed by atoms with van der Waals surface area (Å²) in [5.41, 5.74) is 0.663. The highest BCUT2D eigenvalue weighted by molar-refractivity contribution is 6.06. The second kappa shape index (κ2) is 5.49. The fraction of sp³-hybridized carbons (Fsp3) is 0.176. The Bertz CT molecular complexity index is 743. The van der Waals surface area contributed by atoms with Crippen LogP contribution < -0.4 is 5.90 Å². The van der Waals surface area contributed by atoms with Gasteiger partial charge in [0.1, 0.15) is 0 Å². The highest BCUT2D eigenvalue weighted by Crippen LogP contribution is 2.50. The molecule has 0 spiro atoms. The third-order valence-electron chi connectivity index (χ3n) is 4.23. The summed E-state index contributed by atoms with van der Waals surface area (Å²) in [6.07, 6.45) is 0. The first-order valence-corrected chi connectivity index (χ1v) is 6.95. The van der Waals surface area contributed by atoms with E-state index in [0.29, 0.717) is 11.1 Å². The van der Waals surface area contributed by atoms with Crippen molar-refractivity contribution in [3.05, 3.63) is 59.7 Å². The molecule has 1 atom stereocenters. The first-order chi connectivity index (χ1) is 11.1. The lowest BCUT2D eigenvalue weighted by Gasteiger charge is -2.31. The number of benzene rings is 2. The Morgan fingerprint density at radius 3 is 1.91 bits per heavy atom. The quantitative estimate of drug-likeness (QED) is 0.506. The number of hydrogen-bond donors (Lipinski definition) is 2. The molecular weight excluding hydrogens is 298 g/mol. The Kier molecular flexibility index (Phi) is 3.63. The Hall–Kier alpha value is -2.70. The second-order valence-electron chi connectivity index (χ2n) is 5.26. The number of esters is 1. The number of carboxylic acids is 1. The van der Waals surface area contributed by atoms with Gasteiger partial charge in [-0.1, -0.05) is 48.5 Å². The molecule has 0 heterocycles. The fourth-order valence-electron chi connectivity index (χ4n) is 3.24. The largest absolute Gasteiger partial charge is 0.479 e. The van der Waals surface area contributed by atoms with E-state index in [9.17, 15) is 14.7 Å². The van der Waals surface area contributed by atoms with Gasteiger partial charge in [-0.05, 0) is 22.3 Å². The molecule has 0 amide bonds. The molecule has 0 bridgehead atoms. The molecule has 3 rings (SSSR count). The average Bonchev–Trinajstić information content (AvgIpc) is 2.91. The lowest BCUT2D eigenvalue weighted by molar-refractivity contribution is -0.188. The smallest absolute Gasteiger partial charge is 0.353 e. The van der Waals surface area contributed by atoms with Crippen molar-refractivity contribution in [2.45, 2.75) is 11.5 Å². The van der Waals surface area contributed by atoms with Gasteiger partial charge >= 0.3 is 11.9 Å². The van der Waals surface area contributed by atoms with Gasteiger partial charge < -0.3 is 9.84 Å². The standard InChI is InChI=1S/C17H15NO5/c1-22-16(21)17(23-18,15(19)20)14-12-8-4-2-6-10(12)11-7-3-5-9-13(11)14/h2-9,14H,18H2,1H3,(H,19,20). The number of carbonyl (C=O) groups excluding carboxylic acids is 1. The van der Waals surface area contributed by atoms with E-state index in [-0.39, 0.29) is 0 Å². The van der Waals surface area contributed by atoms with Crippen molar-refractivity contribution in [2.75, 3.05) is 7.11 Å². The van der Waals surface area contributed by atoms with Gasteiger partial charge in [0.25, 0.3) is 5.60 Å². The van der Waals surface area contributed by atoms with Gasteiger partial charge in [0.05, 0.1) is 13.0 Å². The number of carboxylic acid groups (broad SMARTS) is 1. The van der Waals surface area contributed by atoms with Crippen molar-refractivity contribution in [3.63, 3.8) is 0 Å². The van der Waals surface area contributed by atoms with Crippen LogP contribution in [0.4, 0.5) is 0 Å². The van der Waals surface area contributed by atoms with E-state index in [1.165, 1.54) is 0 Å². The van der Waals surface area contributed by atoms with Crippen molar-refractivity contribution in [1.29, 1.82) is 0 Å². The van der Waals surface area contributed by atoms with Gasteiger partial charge in [-0.3, -0.25) is 4.84 Å². The van der Waals surface area contributed by atoms with Crippen molar-refractivity contribution in [3.8, 4) is 11.1 Å². The molecule has 23 heavy (non-hydrogen) atoms.